The van der Waals surface area contributed by atoms with Gasteiger partial charge < -0.3 is 0 Å². The highest BCUT2D eigenvalue weighted by atomic mass is 35.5. The maximum atomic E-state index is 6.68. The van der Waals surface area contributed by atoms with E-state index in [1.807, 2.05) is 0 Å². The standard InChI is InChI=1S/C16H22Cl2/c1-15(2)7-5-6-8(15)10-9(7)11-13(17)14(18)12(10)16(11,3)4/h5-14H,1-4H3. The molecule has 0 spiro atoms. The molecule has 3 saturated carbocycles. The molecule has 0 N–H and O–H groups in total. The molecule has 4 rings (SSSR count). The predicted molar refractivity (Wildman–Crippen MR) is 76.9 cm³/mol. The van der Waals surface area contributed by atoms with Crippen molar-refractivity contribution in [2.75, 3.05) is 0 Å². The lowest BCUT2D eigenvalue weighted by atomic mass is 9.70. The monoisotopic (exact) mass is 284 g/mol. The quantitative estimate of drug-likeness (QED) is 0.348. The highest BCUT2D eigenvalue weighted by Gasteiger charge is 2.74. The number of allylic oxidation sites excluding steroid dienone is 2. The Hall–Kier alpha value is 0.320. The second-order valence-corrected chi connectivity index (χ2v) is 9.18. The first-order chi connectivity index (χ1) is 8.29. The molecule has 0 radical (unpaired) electrons. The van der Waals surface area contributed by atoms with E-state index in [-0.39, 0.29) is 10.8 Å². The number of hydrogen-bond donors (Lipinski definition) is 0. The second kappa shape index (κ2) is 3.14. The maximum absolute atomic E-state index is 6.68. The van der Waals surface area contributed by atoms with Crippen molar-refractivity contribution in [3.05, 3.63) is 12.2 Å². The molecule has 3 fully saturated rings. The van der Waals surface area contributed by atoms with Gasteiger partial charge in [0.15, 0.2) is 0 Å². The van der Waals surface area contributed by atoms with Gasteiger partial charge in [-0.15, -0.1) is 23.2 Å². The van der Waals surface area contributed by atoms with Crippen LogP contribution in [0, 0.1) is 46.3 Å². The Bertz CT molecular complexity index is 400. The van der Waals surface area contributed by atoms with E-state index in [1.165, 1.54) is 0 Å². The number of halogens is 2. The van der Waals surface area contributed by atoms with E-state index < -0.39 is 0 Å². The van der Waals surface area contributed by atoms with Crippen molar-refractivity contribution >= 4 is 23.2 Å². The predicted octanol–water partition coefficient (Wildman–Crippen LogP) is 4.56. The van der Waals surface area contributed by atoms with E-state index in [0.29, 0.717) is 22.7 Å². The summed E-state index contributed by atoms with van der Waals surface area (Å²) in [5, 5.41) is 0.355. The molecule has 0 aromatic heterocycles. The van der Waals surface area contributed by atoms with Crippen LogP contribution in [0.4, 0.5) is 0 Å². The van der Waals surface area contributed by atoms with Gasteiger partial charge in [0.1, 0.15) is 0 Å². The highest BCUT2D eigenvalue weighted by Crippen LogP contribution is 2.77. The smallest absolute Gasteiger partial charge is 0.0539 e. The van der Waals surface area contributed by atoms with Crippen LogP contribution in [-0.4, -0.2) is 10.8 Å². The summed E-state index contributed by atoms with van der Waals surface area (Å²) < 4.78 is 0. The molecule has 8 unspecified atom stereocenters. The van der Waals surface area contributed by atoms with Crippen LogP contribution < -0.4 is 0 Å². The first kappa shape index (κ1) is 12.1. The summed E-state index contributed by atoms with van der Waals surface area (Å²) in [7, 11) is 0. The lowest BCUT2D eigenvalue weighted by molar-refractivity contribution is 0.154. The Morgan fingerprint density at radius 3 is 1.50 bits per heavy atom. The SMILES string of the molecule is CC1(C)C2C=CC1C1C2C2C(Cl)C(Cl)C1C2(C)C. The number of rotatable bonds is 0. The lowest BCUT2D eigenvalue weighted by Gasteiger charge is -2.36. The third-order valence-corrected chi connectivity index (χ3v) is 8.27. The fourth-order valence-electron chi connectivity index (χ4n) is 6.47. The summed E-state index contributed by atoms with van der Waals surface area (Å²) in [4.78, 5) is 0. The number of hydrogen-bond acceptors (Lipinski definition) is 0. The van der Waals surface area contributed by atoms with Gasteiger partial charge in [0.25, 0.3) is 0 Å². The Kier molecular flexibility index (Phi) is 2.11. The van der Waals surface area contributed by atoms with E-state index in [2.05, 4.69) is 39.8 Å². The molecule has 0 aliphatic heterocycles. The second-order valence-electron chi connectivity index (χ2n) is 8.17. The summed E-state index contributed by atoms with van der Waals surface area (Å²) in [6.45, 7) is 9.70. The molecule has 0 nitrogen and oxygen atoms in total. The third-order valence-electron chi connectivity index (χ3n) is 7.06. The van der Waals surface area contributed by atoms with Crippen molar-refractivity contribution in [2.45, 2.75) is 38.4 Å². The van der Waals surface area contributed by atoms with Gasteiger partial charge in [0, 0.05) is 0 Å². The number of alkyl halides is 2. The van der Waals surface area contributed by atoms with Crippen molar-refractivity contribution in [1.82, 2.24) is 0 Å². The molecule has 100 valence electrons. The lowest BCUT2D eigenvalue weighted by Crippen LogP contribution is -2.38. The molecule has 4 aliphatic rings. The van der Waals surface area contributed by atoms with Gasteiger partial charge in [0.05, 0.1) is 10.8 Å². The van der Waals surface area contributed by atoms with Crippen molar-refractivity contribution in [3.8, 4) is 0 Å². The maximum Gasteiger partial charge on any atom is 0.0539 e. The van der Waals surface area contributed by atoms with Gasteiger partial charge >= 0.3 is 0 Å². The average Bonchev–Trinajstić information content (AvgIpc) is 2.80. The molecular weight excluding hydrogens is 263 g/mol. The first-order valence-corrected chi connectivity index (χ1v) is 8.13. The molecular formula is C16H22Cl2. The van der Waals surface area contributed by atoms with Gasteiger partial charge in [-0.2, -0.15) is 0 Å². The van der Waals surface area contributed by atoms with Crippen molar-refractivity contribution in [2.24, 2.45) is 46.3 Å². The number of fused-ring (bicyclic) bond motifs is 9. The highest BCUT2D eigenvalue weighted by molar-refractivity contribution is 6.31. The van der Waals surface area contributed by atoms with Gasteiger partial charge in [-0.25, -0.2) is 0 Å². The topological polar surface area (TPSA) is 0 Å². The Balaban J connectivity index is 1.86. The van der Waals surface area contributed by atoms with E-state index in [0.717, 1.165) is 23.7 Å². The minimum Gasteiger partial charge on any atom is -0.121 e. The summed E-state index contributed by atoms with van der Waals surface area (Å²) >= 11 is 13.4. The average molecular weight is 285 g/mol. The zero-order valence-electron chi connectivity index (χ0n) is 11.5. The van der Waals surface area contributed by atoms with E-state index in [9.17, 15) is 0 Å². The van der Waals surface area contributed by atoms with Crippen LogP contribution in [0.2, 0.25) is 0 Å². The largest absolute Gasteiger partial charge is 0.121 e. The first-order valence-electron chi connectivity index (χ1n) is 7.26. The third kappa shape index (κ3) is 1.02. The summed E-state index contributed by atoms with van der Waals surface area (Å²) in [5.41, 5.74) is 0.757. The Morgan fingerprint density at radius 2 is 1.11 bits per heavy atom. The van der Waals surface area contributed by atoms with Gasteiger partial charge in [0.2, 0.25) is 0 Å². The molecule has 4 aliphatic carbocycles. The van der Waals surface area contributed by atoms with Crippen LogP contribution in [0.25, 0.3) is 0 Å². The van der Waals surface area contributed by atoms with Gasteiger partial charge in [-0.05, 0) is 46.3 Å². The Morgan fingerprint density at radius 1 is 0.722 bits per heavy atom. The minimum absolute atomic E-state index is 0.177. The zero-order chi connectivity index (χ0) is 13.0. The van der Waals surface area contributed by atoms with Crippen molar-refractivity contribution < 1.29 is 0 Å². The van der Waals surface area contributed by atoms with Gasteiger partial charge in [-0.3, -0.25) is 0 Å². The summed E-state index contributed by atoms with van der Waals surface area (Å²) in [6.07, 6.45) is 4.96. The fourth-order valence-corrected chi connectivity index (χ4v) is 7.77. The van der Waals surface area contributed by atoms with E-state index in [4.69, 9.17) is 23.2 Å². The van der Waals surface area contributed by atoms with Crippen LogP contribution in [0.3, 0.4) is 0 Å². The van der Waals surface area contributed by atoms with Crippen LogP contribution in [0.15, 0.2) is 12.2 Å². The zero-order valence-corrected chi connectivity index (χ0v) is 13.0. The van der Waals surface area contributed by atoms with Gasteiger partial charge in [-0.1, -0.05) is 39.8 Å². The van der Waals surface area contributed by atoms with Crippen LogP contribution >= 0.6 is 23.2 Å². The summed E-state index contributed by atoms with van der Waals surface area (Å²) in [5.74, 6) is 4.24. The molecule has 0 aromatic carbocycles. The van der Waals surface area contributed by atoms with Crippen LogP contribution in [0.1, 0.15) is 27.7 Å². The van der Waals surface area contributed by atoms with Crippen molar-refractivity contribution in [3.63, 3.8) is 0 Å². The van der Waals surface area contributed by atoms with Crippen molar-refractivity contribution in [1.29, 1.82) is 0 Å². The molecule has 0 heterocycles. The molecule has 8 atom stereocenters. The molecule has 2 heteroatoms. The fraction of sp³-hybridized carbons (Fsp3) is 0.875. The van der Waals surface area contributed by atoms with E-state index in [1.54, 1.807) is 0 Å². The van der Waals surface area contributed by atoms with Crippen LogP contribution in [-0.2, 0) is 0 Å². The van der Waals surface area contributed by atoms with E-state index >= 15 is 0 Å². The minimum atomic E-state index is 0.177. The van der Waals surface area contributed by atoms with Crippen LogP contribution in [0.5, 0.6) is 0 Å². The molecule has 4 bridgehead atoms. The molecule has 0 aromatic rings. The molecule has 18 heavy (non-hydrogen) atoms. The Labute approximate surface area is 120 Å². The molecule has 0 amide bonds. The summed E-state index contributed by atoms with van der Waals surface area (Å²) in [6, 6.07) is 0. The molecule has 0 saturated heterocycles. The normalized spacial score (nSPS) is 61.4.